The number of nitrogens with zero attached hydrogens (tertiary/aromatic N) is 2. The zero-order valence-electron chi connectivity index (χ0n) is 14.0. The predicted octanol–water partition coefficient (Wildman–Crippen LogP) is 3.02. The quantitative estimate of drug-likeness (QED) is 0.825. The largest absolute Gasteiger partial charge is 0.394 e. The lowest BCUT2D eigenvalue weighted by Crippen LogP contribution is -2.31. The van der Waals surface area contributed by atoms with Crippen LogP contribution in [0.5, 0.6) is 0 Å². The molecule has 0 saturated carbocycles. The minimum absolute atomic E-state index is 0.151. The van der Waals surface area contributed by atoms with Gasteiger partial charge in [0, 0.05) is 5.69 Å². The molecular weight excluding hydrogens is 290 g/mol. The molecule has 0 spiro atoms. The molecule has 2 rings (SSSR count). The highest BCUT2D eigenvalue weighted by atomic mass is 16.3. The summed E-state index contributed by atoms with van der Waals surface area (Å²) < 4.78 is 1.92. The summed E-state index contributed by atoms with van der Waals surface area (Å²) in [5.41, 5.74) is 2.24. The summed E-state index contributed by atoms with van der Waals surface area (Å²) in [6.07, 6.45) is 1.95. The van der Waals surface area contributed by atoms with Crippen molar-refractivity contribution in [3.05, 3.63) is 53.3 Å². The highest BCUT2D eigenvalue weighted by molar-refractivity contribution is 5.92. The second-order valence-corrected chi connectivity index (χ2v) is 5.71. The second kappa shape index (κ2) is 7.92. The predicted molar refractivity (Wildman–Crippen MR) is 90.3 cm³/mol. The molecular formula is C18H25N3O2. The monoisotopic (exact) mass is 315 g/mol. The molecule has 0 bridgehead atoms. The lowest BCUT2D eigenvalue weighted by atomic mass is 10.1. The molecule has 23 heavy (non-hydrogen) atoms. The Morgan fingerprint density at radius 3 is 2.48 bits per heavy atom. The van der Waals surface area contributed by atoms with Crippen molar-refractivity contribution >= 4 is 5.91 Å². The topological polar surface area (TPSA) is 67.2 Å². The first-order chi connectivity index (χ1) is 11.1. The normalized spacial score (nSPS) is 12.4. The Labute approximate surface area is 137 Å². The summed E-state index contributed by atoms with van der Waals surface area (Å²) in [6.45, 7) is 6.04. The molecule has 0 aliphatic carbocycles. The fourth-order valence-electron chi connectivity index (χ4n) is 2.75. The van der Waals surface area contributed by atoms with Crippen LogP contribution in [0.4, 0.5) is 0 Å². The van der Waals surface area contributed by atoms with Crippen molar-refractivity contribution < 1.29 is 9.90 Å². The summed E-state index contributed by atoms with van der Waals surface area (Å²) in [6, 6.07) is 11.1. The van der Waals surface area contributed by atoms with Crippen molar-refractivity contribution in [2.45, 2.75) is 45.7 Å². The number of carbonyl (C=O) groups excluding carboxylic acids is 1. The van der Waals surface area contributed by atoms with E-state index in [1.165, 1.54) is 0 Å². The Balaban J connectivity index is 2.16. The SMILES string of the molecule is CCC(CC)n1nc(C(=O)N[C@H](CO)c2ccccc2)cc1C. The van der Waals surface area contributed by atoms with E-state index in [2.05, 4.69) is 24.3 Å². The van der Waals surface area contributed by atoms with Crippen LogP contribution in [0.1, 0.15) is 60.5 Å². The van der Waals surface area contributed by atoms with Crippen LogP contribution in [0, 0.1) is 6.92 Å². The molecule has 0 saturated heterocycles. The Morgan fingerprint density at radius 1 is 1.26 bits per heavy atom. The third-order valence-electron chi connectivity index (χ3n) is 4.13. The molecule has 1 heterocycles. The van der Waals surface area contributed by atoms with Crippen molar-refractivity contribution in [3.8, 4) is 0 Å². The lowest BCUT2D eigenvalue weighted by molar-refractivity contribution is 0.0910. The van der Waals surface area contributed by atoms with E-state index in [-0.39, 0.29) is 12.5 Å². The molecule has 2 aromatic rings. The third kappa shape index (κ3) is 3.99. The number of rotatable bonds is 7. The molecule has 124 valence electrons. The highest BCUT2D eigenvalue weighted by Crippen LogP contribution is 2.19. The summed E-state index contributed by atoms with van der Waals surface area (Å²) in [5.74, 6) is -0.263. The van der Waals surface area contributed by atoms with Crippen LogP contribution in [-0.4, -0.2) is 27.4 Å². The van der Waals surface area contributed by atoms with E-state index in [1.807, 2.05) is 41.9 Å². The zero-order chi connectivity index (χ0) is 16.8. The number of hydrogen-bond donors (Lipinski definition) is 2. The molecule has 0 aliphatic rings. The van der Waals surface area contributed by atoms with Gasteiger partial charge in [-0.2, -0.15) is 5.10 Å². The third-order valence-corrected chi connectivity index (χ3v) is 4.13. The van der Waals surface area contributed by atoms with E-state index in [9.17, 15) is 9.90 Å². The zero-order valence-corrected chi connectivity index (χ0v) is 14.0. The van der Waals surface area contributed by atoms with Crippen molar-refractivity contribution in [2.24, 2.45) is 0 Å². The van der Waals surface area contributed by atoms with Gasteiger partial charge in [0.1, 0.15) is 5.69 Å². The maximum atomic E-state index is 12.5. The Hall–Kier alpha value is -2.14. The van der Waals surface area contributed by atoms with Crippen molar-refractivity contribution in [1.29, 1.82) is 0 Å². The van der Waals surface area contributed by atoms with E-state index in [1.54, 1.807) is 6.07 Å². The number of hydrogen-bond acceptors (Lipinski definition) is 3. The maximum Gasteiger partial charge on any atom is 0.272 e. The van der Waals surface area contributed by atoms with Gasteiger partial charge in [0.2, 0.25) is 0 Å². The van der Waals surface area contributed by atoms with Crippen LogP contribution < -0.4 is 5.32 Å². The molecule has 1 aromatic heterocycles. The number of aliphatic hydroxyl groups is 1. The molecule has 2 N–H and O–H groups in total. The average molecular weight is 315 g/mol. The van der Waals surface area contributed by atoms with Gasteiger partial charge in [0.15, 0.2) is 0 Å². The van der Waals surface area contributed by atoms with E-state index in [0.717, 1.165) is 24.1 Å². The first kappa shape index (κ1) is 17.2. The van der Waals surface area contributed by atoms with Gasteiger partial charge >= 0.3 is 0 Å². The first-order valence-corrected chi connectivity index (χ1v) is 8.13. The van der Waals surface area contributed by atoms with Gasteiger partial charge in [-0.05, 0) is 31.4 Å². The van der Waals surface area contributed by atoms with Crippen LogP contribution in [0.2, 0.25) is 0 Å². The van der Waals surface area contributed by atoms with Crippen LogP contribution in [0.3, 0.4) is 0 Å². The van der Waals surface area contributed by atoms with Gasteiger partial charge in [-0.25, -0.2) is 0 Å². The number of nitrogens with one attached hydrogen (secondary N) is 1. The number of aromatic nitrogens is 2. The van der Waals surface area contributed by atoms with Crippen LogP contribution >= 0.6 is 0 Å². The Morgan fingerprint density at radius 2 is 1.91 bits per heavy atom. The minimum Gasteiger partial charge on any atom is -0.394 e. The number of amides is 1. The van der Waals surface area contributed by atoms with Gasteiger partial charge in [-0.15, -0.1) is 0 Å². The Kier molecular flexibility index (Phi) is 5.93. The van der Waals surface area contributed by atoms with Crippen LogP contribution in [0.15, 0.2) is 36.4 Å². The van der Waals surface area contributed by atoms with Gasteiger partial charge < -0.3 is 10.4 Å². The molecule has 0 unspecified atom stereocenters. The van der Waals surface area contributed by atoms with E-state index < -0.39 is 6.04 Å². The van der Waals surface area contributed by atoms with Crippen molar-refractivity contribution in [2.75, 3.05) is 6.61 Å². The fraction of sp³-hybridized carbons (Fsp3) is 0.444. The molecule has 1 atom stereocenters. The molecule has 0 fully saturated rings. The number of aryl methyl sites for hydroxylation is 1. The minimum atomic E-state index is -0.428. The standard InChI is InChI=1S/C18H25N3O2/c1-4-15(5-2)21-13(3)11-16(20-21)18(23)19-17(12-22)14-9-7-6-8-10-14/h6-11,15,17,22H,4-5,12H2,1-3H3,(H,19,23)/t17-/m1/s1. The highest BCUT2D eigenvalue weighted by Gasteiger charge is 2.19. The molecule has 5 heteroatoms. The van der Waals surface area contributed by atoms with Gasteiger partial charge in [-0.1, -0.05) is 44.2 Å². The number of benzene rings is 1. The molecule has 0 radical (unpaired) electrons. The Bertz CT molecular complexity index is 633. The maximum absolute atomic E-state index is 12.5. The fourth-order valence-corrected chi connectivity index (χ4v) is 2.75. The average Bonchev–Trinajstić information content (AvgIpc) is 2.96. The lowest BCUT2D eigenvalue weighted by Gasteiger charge is -2.16. The summed E-state index contributed by atoms with van der Waals surface area (Å²) in [5, 5.41) is 16.9. The van der Waals surface area contributed by atoms with Gasteiger partial charge in [0.25, 0.3) is 5.91 Å². The van der Waals surface area contributed by atoms with Gasteiger partial charge in [-0.3, -0.25) is 9.48 Å². The van der Waals surface area contributed by atoms with Crippen molar-refractivity contribution in [1.82, 2.24) is 15.1 Å². The van der Waals surface area contributed by atoms with Crippen LogP contribution in [0.25, 0.3) is 0 Å². The summed E-state index contributed by atoms with van der Waals surface area (Å²) >= 11 is 0. The van der Waals surface area contributed by atoms with Crippen molar-refractivity contribution in [3.63, 3.8) is 0 Å². The molecule has 1 amide bonds. The van der Waals surface area contributed by atoms with Crippen LogP contribution in [-0.2, 0) is 0 Å². The number of carbonyl (C=O) groups is 1. The summed E-state index contributed by atoms with van der Waals surface area (Å²) in [4.78, 5) is 12.5. The smallest absolute Gasteiger partial charge is 0.272 e. The van der Waals surface area contributed by atoms with E-state index >= 15 is 0 Å². The molecule has 1 aromatic carbocycles. The summed E-state index contributed by atoms with van der Waals surface area (Å²) in [7, 11) is 0. The molecule has 0 aliphatic heterocycles. The van der Waals surface area contributed by atoms with E-state index in [0.29, 0.717) is 11.7 Å². The second-order valence-electron chi connectivity index (χ2n) is 5.71. The number of aliphatic hydroxyl groups excluding tert-OH is 1. The van der Waals surface area contributed by atoms with E-state index in [4.69, 9.17) is 0 Å². The van der Waals surface area contributed by atoms with Gasteiger partial charge in [0.05, 0.1) is 18.7 Å². The first-order valence-electron chi connectivity index (χ1n) is 8.13. The molecule has 5 nitrogen and oxygen atoms in total.